The molecule has 94 valence electrons. The Hall–Kier alpha value is -1.30. The molecule has 0 saturated carbocycles. The Kier molecular flexibility index (Phi) is 5.76. The lowest BCUT2D eigenvalue weighted by Gasteiger charge is -2.14. The highest BCUT2D eigenvalue weighted by Gasteiger charge is 2.07. The highest BCUT2D eigenvalue weighted by atomic mass is 35.5. The van der Waals surface area contributed by atoms with E-state index >= 15 is 0 Å². The highest BCUT2D eigenvalue weighted by Crippen LogP contribution is 2.14. The second-order valence-electron chi connectivity index (χ2n) is 3.25. The zero-order valence-electron chi connectivity index (χ0n) is 9.70. The van der Waals surface area contributed by atoms with Crippen LogP contribution in [0.4, 0.5) is 10.5 Å². The van der Waals surface area contributed by atoms with Gasteiger partial charge in [-0.05, 0) is 18.2 Å². The Balaban J connectivity index is 2.39. The molecule has 2 amide bonds. The van der Waals surface area contributed by atoms with Gasteiger partial charge in [-0.2, -0.15) is 0 Å². The Morgan fingerprint density at radius 1 is 1.41 bits per heavy atom. The van der Waals surface area contributed by atoms with Crippen LogP contribution >= 0.6 is 11.6 Å². The first kappa shape index (κ1) is 13.8. The third-order valence-electron chi connectivity index (χ3n) is 2.04. The van der Waals surface area contributed by atoms with Crippen LogP contribution < -0.4 is 10.6 Å². The van der Waals surface area contributed by atoms with E-state index < -0.39 is 6.29 Å². The molecule has 1 aromatic rings. The fourth-order valence-corrected chi connectivity index (χ4v) is 1.37. The zero-order chi connectivity index (χ0) is 12.7. The number of rotatable bonds is 5. The first-order valence-corrected chi connectivity index (χ1v) is 5.39. The molecule has 0 heterocycles. The Morgan fingerprint density at radius 2 is 2.12 bits per heavy atom. The molecule has 2 N–H and O–H groups in total. The molecule has 0 saturated heterocycles. The topological polar surface area (TPSA) is 59.6 Å². The van der Waals surface area contributed by atoms with Gasteiger partial charge < -0.3 is 20.1 Å². The monoisotopic (exact) mass is 258 g/mol. The van der Waals surface area contributed by atoms with Crippen molar-refractivity contribution in [3.8, 4) is 0 Å². The maximum Gasteiger partial charge on any atom is 0.319 e. The smallest absolute Gasteiger partial charge is 0.319 e. The van der Waals surface area contributed by atoms with Gasteiger partial charge in [0.15, 0.2) is 6.29 Å². The number of carbonyl (C=O) groups excluding carboxylic acids is 1. The van der Waals surface area contributed by atoms with Gasteiger partial charge in [0.1, 0.15) is 0 Å². The van der Waals surface area contributed by atoms with Gasteiger partial charge >= 0.3 is 6.03 Å². The number of hydrogen-bond acceptors (Lipinski definition) is 3. The summed E-state index contributed by atoms with van der Waals surface area (Å²) in [5.41, 5.74) is 0.626. The second kappa shape index (κ2) is 7.11. The number of amides is 2. The summed E-state index contributed by atoms with van der Waals surface area (Å²) in [6.45, 7) is 0.263. The minimum atomic E-state index is -0.458. The summed E-state index contributed by atoms with van der Waals surface area (Å²) in [4.78, 5) is 11.5. The minimum Gasteiger partial charge on any atom is -0.354 e. The molecule has 0 radical (unpaired) electrons. The number of nitrogens with one attached hydrogen (secondary N) is 2. The first-order chi connectivity index (χ1) is 8.15. The SMILES string of the molecule is COC(CNC(=O)Nc1cccc(Cl)c1)OC. The van der Waals surface area contributed by atoms with Crippen molar-refractivity contribution in [1.29, 1.82) is 0 Å². The van der Waals surface area contributed by atoms with Gasteiger partial charge in [0.25, 0.3) is 0 Å². The summed E-state index contributed by atoms with van der Waals surface area (Å²) in [6.07, 6.45) is -0.458. The third kappa shape index (κ3) is 5.04. The molecule has 0 unspecified atom stereocenters. The van der Waals surface area contributed by atoms with Gasteiger partial charge in [0, 0.05) is 24.9 Å². The van der Waals surface area contributed by atoms with Gasteiger partial charge in [-0.25, -0.2) is 4.79 Å². The molecule has 1 aromatic carbocycles. The average Bonchev–Trinajstić information content (AvgIpc) is 2.30. The third-order valence-corrected chi connectivity index (χ3v) is 2.27. The summed E-state index contributed by atoms with van der Waals surface area (Å²) in [7, 11) is 3.01. The maximum atomic E-state index is 11.5. The molecule has 0 aliphatic heterocycles. The van der Waals surface area contributed by atoms with E-state index in [0.29, 0.717) is 10.7 Å². The van der Waals surface area contributed by atoms with Gasteiger partial charge in [-0.15, -0.1) is 0 Å². The van der Waals surface area contributed by atoms with Gasteiger partial charge in [0.2, 0.25) is 0 Å². The quantitative estimate of drug-likeness (QED) is 0.795. The van der Waals surface area contributed by atoms with Crippen molar-refractivity contribution in [3.63, 3.8) is 0 Å². The Bertz CT molecular complexity index is 369. The summed E-state index contributed by atoms with van der Waals surface area (Å²) in [5, 5.41) is 5.81. The Morgan fingerprint density at radius 3 is 2.71 bits per heavy atom. The highest BCUT2D eigenvalue weighted by molar-refractivity contribution is 6.30. The van der Waals surface area contributed by atoms with Gasteiger partial charge in [-0.1, -0.05) is 17.7 Å². The van der Waals surface area contributed by atoms with E-state index in [1.165, 1.54) is 14.2 Å². The molecule has 0 aliphatic carbocycles. The molecule has 0 atom stereocenters. The van der Waals surface area contributed by atoms with Crippen molar-refractivity contribution in [1.82, 2.24) is 5.32 Å². The molecule has 0 bridgehead atoms. The number of ether oxygens (including phenoxy) is 2. The predicted octanol–water partition coefficient (Wildman–Crippen LogP) is 2.08. The van der Waals surface area contributed by atoms with Crippen LogP contribution in [0.3, 0.4) is 0 Å². The van der Waals surface area contributed by atoms with E-state index in [1.807, 2.05) is 0 Å². The zero-order valence-corrected chi connectivity index (χ0v) is 10.5. The first-order valence-electron chi connectivity index (χ1n) is 5.01. The number of carbonyl (C=O) groups is 1. The number of urea groups is 1. The second-order valence-corrected chi connectivity index (χ2v) is 3.68. The number of benzene rings is 1. The predicted molar refractivity (Wildman–Crippen MR) is 66.3 cm³/mol. The lowest BCUT2D eigenvalue weighted by Crippen LogP contribution is -2.36. The van der Waals surface area contributed by atoms with Crippen molar-refractivity contribution in [2.75, 3.05) is 26.1 Å². The molecule has 17 heavy (non-hydrogen) atoms. The summed E-state index contributed by atoms with van der Waals surface area (Å²) in [6, 6.07) is 6.55. The van der Waals surface area contributed by atoms with Crippen molar-refractivity contribution in [3.05, 3.63) is 29.3 Å². The van der Waals surface area contributed by atoms with Crippen molar-refractivity contribution < 1.29 is 14.3 Å². The number of hydrogen-bond donors (Lipinski definition) is 2. The van der Waals surface area contributed by atoms with E-state index in [2.05, 4.69) is 10.6 Å². The average molecular weight is 259 g/mol. The van der Waals surface area contributed by atoms with Crippen LogP contribution in [0, 0.1) is 0 Å². The fourth-order valence-electron chi connectivity index (χ4n) is 1.18. The van der Waals surface area contributed by atoms with Crippen LogP contribution in [0.15, 0.2) is 24.3 Å². The van der Waals surface area contributed by atoms with Crippen molar-refractivity contribution in [2.45, 2.75) is 6.29 Å². The Labute approximate surface area is 105 Å². The van der Waals surface area contributed by atoms with E-state index in [0.717, 1.165) is 0 Å². The van der Waals surface area contributed by atoms with Gasteiger partial charge in [0.05, 0.1) is 6.54 Å². The van der Waals surface area contributed by atoms with E-state index in [-0.39, 0.29) is 12.6 Å². The normalized spacial score (nSPS) is 10.4. The van der Waals surface area contributed by atoms with Crippen LogP contribution in [-0.2, 0) is 9.47 Å². The minimum absolute atomic E-state index is 0.263. The number of halogens is 1. The van der Waals surface area contributed by atoms with E-state index in [9.17, 15) is 4.79 Å². The lowest BCUT2D eigenvalue weighted by atomic mass is 10.3. The number of methoxy groups -OCH3 is 2. The molecule has 5 nitrogen and oxygen atoms in total. The standard InChI is InChI=1S/C11H15ClN2O3/c1-16-10(17-2)7-13-11(15)14-9-5-3-4-8(12)6-9/h3-6,10H,7H2,1-2H3,(H2,13,14,15). The van der Waals surface area contributed by atoms with E-state index in [1.54, 1.807) is 24.3 Å². The maximum absolute atomic E-state index is 11.5. The van der Waals surface area contributed by atoms with Crippen LogP contribution in [0.25, 0.3) is 0 Å². The molecule has 0 fully saturated rings. The molecular weight excluding hydrogens is 244 g/mol. The summed E-state index contributed by atoms with van der Waals surface area (Å²) < 4.78 is 9.87. The molecule has 1 rings (SSSR count). The van der Waals surface area contributed by atoms with Gasteiger partial charge in [-0.3, -0.25) is 0 Å². The molecule has 0 spiro atoms. The van der Waals surface area contributed by atoms with Crippen molar-refractivity contribution >= 4 is 23.3 Å². The summed E-state index contributed by atoms with van der Waals surface area (Å²) in [5.74, 6) is 0. The summed E-state index contributed by atoms with van der Waals surface area (Å²) >= 11 is 5.79. The van der Waals surface area contributed by atoms with Crippen LogP contribution in [0.5, 0.6) is 0 Å². The van der Waals surface area contributed by atoms with E-state index in [4.69, 9.17) is 21.1 Å². The van der Waals surface area contributed by atoms with Crippen LogP contribution in [0.2, 0.25) is 5.02 Å². The largest absolute Gasteiger partial charge is 0.354 e. The van der Waals surface area contributed by atoms with Crippen molar-refractivity contribution in [2.24, 2.45) is 0 Å². The fraction of sp³-hybridized carbons (Fsp3) is 0.364. The molecular formula is C11H15ClN2O3. The molecule has 6 heteroatoms. The molecule has 0 aromatic heterocycles. The van der Waals surface area contributed by atoms with Crippen LogP contribution in [-0.4, -0.2) is 33.1 Å². The lowest BCUT2D eigenvalue weighted by molar-refractivity contribution is -0.0970. The molecule has 0 aliphatic rings. The number of anilines is 1. The van der Waals surface area contributed by atoms with Crippen LogP contribution in [0.1, 0.15) is 0 Å².